The number of hydrogen-bond acceptors (Lipinski definition) is 2. The normalized spacial score (nSPS) is 15.5. The van der Waals surface area contributed by atoms with Gasteiger partial charge < -0.3 is 0 Å². The molecule has 2 rings (SSSR count). The van der Waals surface area contributed by atoms with E-state index in [2.05, 4.69) is 6.08 Å². The van der Waals surface area contributed by atoms with Crippen molar-refractivity contribution in [3.63, 3.8) is 0 Å². The summed E-state index contributed by atoms with van der Waals surface area (Å²) >= 11 is 1.47. The first-order valence-electron chi connectivity index (χ1n) is 5.86. The van der Waals surface area contributed by atoms with Gasteiger partial charge >= 0.3 is 0 Å². The highest BCUT2D eigenvalue weighted by Crippen LogP contribution is 2.23. The summed E-state index contributed by atoms with van der Waals surface area (Å²) in [7, 11) is 0. The van der Waals surface area contributed by atoms with Gasteiger partial charge in [0, 0.05) is 4.90 Å². The van der Waals surface area contributed by atoms with Gasteiger partial charge in [0.05, 0.1) is 5.75 Å². The second-order valence-electron chi connectivity index (χ2n) is 4.14. The molecule has 0 bridgehead atoms. The maximum atomic E-state index is 12.7. The van der Waals surface area contributed by atoms with Crippen molar-refractivity contribution in [1.82, 2.24) is 0 Å². The molecule has 1 aliphatic rings. The number of Topliss-reactive ketones (excluding diaryl/α,β-unsaturated/α-hetero) is 1. The number of halogens is 1. The summed E-state index contributed by atoms with van der Waals surface area (Å²) in [6.07, 6.45) is 6.34. The van der Waals surface area contributed by atoms with E-state index in [0.717, 1.165) is 29.7 Å². The van der Waals surface area contributed by atoms with E-state index < -0.39 is 0 Å². The predicted octanol–water partition coefficient (Wildman–Crippen LogP) is 3.99. The van der Waals surface area contributed by atoms with Gasteiger partial charge in [0.15, 0.2) is 5.78 Å². The number of rotatable bonds is 4. The molecule has 17 heavy (non-hydrogen) atoms. The van der Waals surface area contributed by atoms with Gasteiger partial charge in [0.1, 0.15) is 5.82 Å². The Balaban J connectivity index is 1.87. The average molecular weight is 250 g/mol. The van der Waals surface area contributed by atoms with Gasteiger partial charge in [-0.3, -0.25) is 4.79 Å². The first kappa shape index (κ1) is 12.4. The summed E-state index contributed by atoms with van der Waals surface area (Å²) in [5.41, 5.74) is 0.978. The molecule has 1 aromatic carbocycles. The minimum absolute atomic E-state index is 0.221. The number of carbonyl (C=O) groups is 1. The van der Waals surface area contributed by atoms with Crippen LogP contribution in [0.3, 0.4) is 0 Å². The highest BCUT2D eigenvalue weighted by Gasteiger charge is 2.12. The van der Waals surface area contributed by atoms with E-state index in [1.54, 1.807) is 12.1 Å². The van der Waals surface area contributed by atoms with Gasteiger partial charge in [-0.2, -0.15) is 0 Å². The van der Waals surface area contributed by atoms with Crippen molar-refractivity contribution in [3.05, 3.63) is 41.7 Å². The zero-order chi connectivity index (χ0) is 12.1. The third kappa shape index (κ3) is 3.70. The Morgan fingerprint density at radius 3 is 2.65 bits per heavy atom. The SMILES string of the molecule is O=C(CSc1ccc(F)cc1)C1=CCCCC1. The number of allylic oxidation sites excluding steroid dienone is 2. The van der Waals surface area contributed by atoms with Crippen LogP contribution in [0.15, 0.2) is 40.8 Å². The first-order chi connectivity index (χ1) is 8.25. The topological polar surface area (TPSA) is 17.1 Å². The van der Waals surface area contributed by atoms with E-state index in [-0.39, 0.29) is 11.6 Å². The molecule has 0 radical (unpaired) electrons. The molecule has 0 unspecified atom stereocenters. The Hall–Kier alpha value is -1.09. The lowest BCUT2D eigenvalue weighted by Gasteiger charge is -2.11. The van der Waals surface area contributed by atoms with E-state index in [1.807, 2.05) is 0 Å². The summed E-state index contributed by atoms with van der Waals surface area (Å²) in [6, 6.07) is 6.27. The molecule has 0 aliphatic heterocycles. The molecule has 1 aliphatic carbocycles. The molecule has 0 amide bonds. The van der Waals surface area contributed by atoms with Crippen molar-refractivity contribution in [2.24, 2.45) is 0 Å². The summed E-state index contributed by atoms with van der Waals surface area (Å²) < 4.78 is 12.7. The summed E-state index contributed by atoms with van der Waals surface area (Å²) in [6.45, 7) is 0. The second kappa shape index (κ2) is 6.01. The smallest absolute Gasteiger partial charge is 0.168 e. The van der Waals surface area contributed by atoms with Crippen LogP contribution >= 0.6 is 11.8 Å². The van der Waals surface area contributed by atoms with Crippen molar-refractivity contribution >= 4 is 17.5 Å². The lowest BCUT2D eigenvalue weighted by molar-refractivity contribution is -0.113. The molecule has 3 heteroatoms. The summed E-state index contributed by atoms with van der Waals surface area (Å²) in [5, 5.41) is 0. The zero-order valence-corrected chi connectivity index (χ0v) is 10.4. The Labute approximate surface area is 105 Å². The van der Waals surface area contributed by atoms with Gasteiger partial charge in [-0.1, -0.05) is 6.08 Å². The Bertz CT molecular complexity index is 422. The van der Waals surface area contributed by atoms with Crippen LogP contribution < -0.4 is 0 Å². The number of thioether (sulfide) groups is 1. The molecule has 0 atom stereocenters. The molecule has 0 spiro atoms. The predicted molar refractivity (Wildman–Crippen MR) is 68.7 cm³/mol. The molecule has 0 aromatic heterocycles. The van der Waals surface area contributed by atoms with E-state index in [1.165, 1.54) is 30.3 Å². The molecular weight excluding hydrogens is 235 g/mol. The molecule has 0 saturated heterocycles. The fourth-order valence-corrected chi connectivity index (χ4v) is 2.68. The minimum Gasteiger partial charge on any atom is -0.294 e. The standard InChI is InChI=1S/C14H15FOS/c15-12-6-8-13(9-7-12)17-10-14(16)11-4-2-1-3-5-11/h4,6-9H,1-3,5,10H2. The van der Waals surface area contributed by atoms with Gasteiger partial charge in [0.25, 0.3) is 0 Å². The average Bonchev–Trinajstić information content (AvgIpc) is 2.39. The van der Waals surface area contributed by atoms with Crippen LogP contribution in [0.25, 0.3) is 0 Å². The van der Waals surface area contributed by atoms with Crippen LogP contribution in [0.4, 0.5) is 4.39 Å². The zero-order valence-electron chi connectivity index (χ0n) is 9.62. The monoisotopic (exact) mass is 250 g/mol. The lowest BCUT2D eigenvalue weighted by atomic mass is 9.97. The third-order valence-electron chi connectivity index (χ3n) is 2.83. The van der Waals surface area contributed by atoms with Crippen LogP contribution in [0, 0.1) is 5.82 Å². The van der Waals surface area contributed by atoms with Crippen molar-refractivity contribution in [2.75, 3.05) is 5.75 Å². The van der Waals surface area contributed by atoms with Crippen molar-refractivity contribution in [3.8, 4) is 0 Å². The Morgan fingerprint density at radius 2 is 2.00 bits per heavy atom. The maximum absolute atomic E-state index is 12.7. The quantitative estimate of drug-likeness (QED) is 0.752. The minimum atomic E-state index is -0.240. The van der Waals surface area contributed by atoms with E-state index in [4.69, 9.17) is 0 Å². The Morgan fingerprint density at radius 1 is 1.24 bits per heavy atom. The van der Waals surface area contributed by atoms with E-state index >= 15 is 0 Å². The van der Waals surface area contributed by atoms with Crippen molar-refractivity contribution in [1.29, 1.82) is 0 Å². The molecule has 0 heterocycles. The molecule has 0 fully saturated rings. The van der Waals surface area contributed by atoms with Gasteiger partial charge in [-0.25, -0.2) is 4.39 Å². The maximum Gasteiger partial charge on any atom is 0.168 e. The largest absolute Gasteiger partial charge is 0.294 e. The summed E-state index contributed by atoms with van der Waals surface area (Å²) in [5.74, 6) is 0.437. The van der Waals surface area contributed by atoms with Crippen LogP contribution in [-0.4, -0.2) is 11.5 Å². The van der Waals surface area contributed by atoms with E-state index in [9.17, 15) is 9.18 Å². The fraction of sp³-hybridized carbons (Fsp3) is 0.357. The molecule has 0 saturated carbocycles. The fourth-order valence-electron chi connectivity index (χ4n) is 1.86. The lowest BCUT2D eigenvalue weighted by Crippen LogP contribution is -2.08. The number of ketones is 1. The van der Waals surface area contributed by atoms with Crippen LogP contribution in [0.1, 0.15) is 25.7 Å². The van der Waals surface area contributed by atoms with Gasteiger partial charge in [0.2, 0.25) is 0 Å². The first-order valence-corrected chi connectivity index (χ1v) is 6.85. The highest BCUT2D eigenvalue weighted by atomic mass is 32.2. The molecule has 1 nitrogen and oxygen atoms in total. The van der Waals surface area contributed by atoms with E-state index in [0.29, 0.717) is 5.75 Å². The highest BCUT2D eigenvalue weighted by molar-refractivity contribution is 8.00. The number of hydrogen-bond donors (Lipinski definition) is 0. The van der Waals surface area contributed by atoms with Crippen molar-refractivity contribution in [2.45, 2.75) is 30.6 Å². The van der Waals surface area contributed by atoms with Crippen LogP contribution in [0.2, 0.25) is 0 Å². The molecule has 90 valence electrons. The van der Waals surface area contributed by atoms with Crippen molar-refractivity contribution < 1.29 is 9.18 Å². The second-order valence-corrected chi connectivity index (χ2v) is 5.19. The summed E-state index contributed by atoms with van der Waals surface area (Å²) in [4.78, 5) is 12.8. The number of benzene rings is 1. The van der Waals surface area contributed by atoms with Gasteiger partial charge in [-0.05, 0) is 55.5 Å². The van der Waals surface area contributed by atoms with Crippen LogP contribution in [0.5, 0.6) is 0 Å². The Kier molecular flexibility index (Phi) is 4.37. The molecular formula is C14H15FOS. The molecule has 1 aromatic rings. The van der Waals surface area contributed by atoms with Gasteiger partial charge in [-0.15, -0.1) is 11.8 Å². The van der Waals surface area contributed by atoms with Crippen LogP contribution in [-0.2, 0) is 4.79 Å². The molecule has 0 N–H and O–H groups in total. The third-order valence-corrected chi connectivity index (χ3v) is 3.84. The number of carbonyl (C=O) groups excluding carboxylic acids is 1.